The summed E-state index contributed by atoms with van der Waals surface area (Å²) >= 11 is 0. The minimum atomic E-state index is -5.08. The first-order valence-corrected chi connectivity index (χ1v) is 45.6. The first kappa shape index (κ1) is 118. The van der Waals surface area contributed by atoms with E-state index in [9.17, 15) is 91.1 Å². The molecule has 4 aromatic rings. The quantitative estimate of drug-likeness (QED) is 0.00847. The number of aromatic hydroxyl groups is 3. The Labute approximate surface area is 822 Å². The Hall–Kier alpha value is -16.5. The van der Waals surface area contributed by atoms with Gasteiger partial charge in [0.2, 0.25) is 65.0 Å². The molecule has 0 saturated heterocycles. The van der Waals surface area contributed by atoms with E-state index in [-0.39, 0.29) is 219 Å². The maximum atomic E-state index is 15.0. The average molecular weight is 2030 g/mol. The van der Waals surface area contributed by atoms with Crippen molar-refractivity contribution >= 4 is 125 Å². The zero-order chi connectivity index (χ0) is 107. The number of alkyl halides is 3. The lowest BCUT2D eigenvalue weighted by Gasteiger charge is -2.36. The number of carbonyl (C=O) groups excluding carboxylic acids is 13. The van der Waals surface area contributed by atoms with Gasteiger partial charge in [0.15, 0.2) is 41.4 Å². The van der Waals surface area contributed by atoms with Crippen molar-refractivity contribution in [3.63, 3.8) is 0 Å². The van der Waals surface area contributed by atoms with Crippen LogP contribution in [-0.2, 0) is 79.1 Å². The fourth-order valence-electron chi connectivity index (χ4n) is 14.7. The number of carboxylic acids is 2. The summed E-state index contributed by atoms with van der Waals surface area (Å²) in [7, 11) is 0. The number of aliphatic carboxylic acids is 2. The van der Waals surface area contributed by atoms with Gasteiger partial charge in [-0.3, -0.25) is 90.0 Å². The maximum absolute atomic E-state index is 15.0. The van der Waals surface area contributed by atoms with Crippen molar-refractivity contribution in [2.24, 2.45) is 51.6 Å². The molecule has 12 amide bonds. The summed E-state index contributed by atoms with van der Waals surface area (Å²) < 4.78 is 44.0. The molecule has 0 aliphatic carbocycles. The van der Waals surface area contributed by atoms with Crippen LogP contribution in [0.25, 0.3) is 0 Å². The Morgan fingerprint density at radius 1 is 0.361 bits per heavy atom. The van der Waals surface area contributed by atoms with Crippen LogP contribution in [0.5, 0.6) is 28.7 Å². The molecule has 144 heavy (non-hydrogen) atoms. The van der Waals surface area contributed by atoms with Crippen LogP contribution < -0.4 is 147 Å². The van der Waals surface area contributed by atoms with E-state index < -0.39 is 210 Å². The molecule has 0 unspecified atom stereocenters. The lowest BCUT2D eigenvalue weighted by molar-refractivity contribution is -0.192. The van der Waals surface area contributed by atoms with Crippen molar-refractivity contribution < 1.29 is 120 Å². The van der Waals surface area contributed by atoms with Crippen molar-refractivity contribution in [1.82, 2.24) is 90.4 Å². The highest BCUT2D eigenvalue weighted by Gasteiger charge is 2.54. The number of primary amides is 1. The van der Waals surface area contributed by atoms with Gasteiger partial charge < -0.3 is 177 Å². The summed E-state index contributed by atoms with van der Waals surface area (Å²) in [4.78, 5) is 209. The smallest absolute Gasteiger partial charge is 0.490 e. The molecule has 54 nitrogen and oxygen atoms in total. The van der Waals surface area contributed by atoms with Gasteiger partial charge in [-0.2, -0.15) is 13.2 Å². The van der Waals surface area contributed by atoms with Crippen LogP contribution in [-0.4, -0.2) is 276 Å². The number of halogens is 3. The molecule has 1 spiro atoms. The SMILES string of the molecule is N=C(N)NCCC[C@H](NC(=O)[C@H](CCCNC(=N)N)NC(=O)[C@H](CCCNC(=N)N)NC(=O)[C@H](CCC(N)=O)NC(=O)[C@H](CCCNC(=N)N)NC(=O)[C@H](CCCNC(=N)N)NC(=O)[C@H](CCCCN)NC(=O)[C@H](CCCCN)NC(=O)[C@H](CCCNC(=N)N)NC(=O)CNC(=O)[C@H](Cc1ccc(O)cc1)NC(=O)c1ccc2c(c1)C(=O)OC21c2ccc(O)cc2Oc2cc(O)ccc21)C(=O)O.O=C(O)C(F)(F)F. The van der Waals surface area contributed by atoms with Crippen molar-refractivity contribution in [2.45, 2.75) is 207 Å². The number of hydrogen-bond donors (Lipinski definition) is 37. The molecular formula is C87H129F3N32O22. The lowest BCUT2D eigenvalue weighted by atomic mass is 9.77. The van der Waals surface area contributed by atoms with Gasteiger partial charge in [-0.05, 0) is 189 Å². The largest absolute Gasteiger partial charge is 0.508 e. The zero-order valence-electron chi connectivity index (χ0n) is 78.5. The zero-order valence-corrected chi connectivity index (χ0v) is 78.5. The normalized spacial score (nSPS) is 13.8. The van der Waals surface area contributed by atoms with E-state index in [1.807, 2.05) is 0 Å². The minimum absolute atomic E-state index is 0.00341. The molecule has 57 heteroatoms. The van der Waals surface area contributed by atoms with E-state index in [4.69, 9.17) is 103 Å². The van der Waals surface area contributed by atoms with Gasteiger partial charge in [0, 0.05) is 86.5 Å². The number of fused-ring (bicyclic) bond motifs is 6. The fraction of sp³-hybridized carbons (Fsp3) is 0.483. The highest BCUT2D eigenvalue weighted by Crippen LogP contribution is 2.57. The summed E-state index contributed by atoms with van der Waals surface area (Å²) in [6, 6.07) is 2.20. The molecule has 10 atom stereocenters. The molecule has 2 heterocycles. The molecule has 6 rings (SSSR count). The maximum Gasteiger partial charge on any atom is 0.490 e. The van der Waals surface area contributed by atoms with Gasteiger partial charge in [-0.15, -0.1) is 0 Å². The Bertz CT molecular complexity index is 5160. The minimum Gasteiger partial charge on any atom is -0.508 e. The third kappa shape index (κ3) is 40.4. The molecule has 2 aliphatic rings. The Kier molecular flexibility index (Phi) is 48.4. The first-order chi connectivity index (χ1) is 68.1. The predicted octanol–water partition coefficient (Wildman–Crippen LogP) is -5.99. The second-order valence-electron chi connectivity index (χ2n) is 33.1. The van der Waals surface area contributed by atoms with Crippen molar-refractivity contribution in [3.8, 4) is 28.7 Å². The van der Waals surface area contributed by atoms with Gasteiger partial charge in [-0.25, -0.2) is 14.4 Å². The first-order valence-electron chi connectivity index (χ1n) is 45.6. The van der Waals surface area contributed by atoms with Crippen LogP contribution in [0.15, 0.2) is 78.9 Å². The Balaban J connectivity index is 0.00000501. The van der Waals surface area contributed by atoms with E-state index in [1.165, 1.54) is 78.9 Å². The van der Waals surface area contributed by atoms with E-state index in [2.05, 4.69) is 90.4 Å². The van der Waals surface area contributed by atoms with E-state index in [0.717, 1.165) is 0 Å². The number of carbonyl (C=O) groups is 15. The van der Waals surface area contributed by atoms with Gasteiger partial charge >= 0.3 is 24.1 Å². The van der Waals surface area contributed by atoms with Crippen LogP contribution in [0.2, 0.25) is 0 Å². The van der Waals surface area contributed by atoms with Gasteiger partial charge in [0.1, 0.15) is 89.2 Å². The van der Waals surface area contributed by atoms with Crippen molar-refractivity contribution in [2.75, 3.05) is 58.9 Å². The predicted molar refractivity (Wildman–Crippen MR) is 512 cm³/mol. The third-order valence-electron chi connectivity index (χ3n) is 21.9. The van der Waals surface area contributed by atoms with Crippen LogP contribution in [0.1, 0.15) is 171 Å². The molecule has 0 saturated carbocycles. The van der Waals surface area contributed by atoms with Gasteiger partial charge in [0.05, 0.1) is 12.1 Å². The number of hydrogen-bond acceptors (Lipinski definition) is 28. The molecule has 0 aromatic heterocycles. The number of ether oxygens (including phenoxy) is 2. The van der Waals surface area contributed by atoms with Crippen molar-refractivity contribution in [3.05, 3.63) is 112 Å². The number of phenolic OH excluding ortho intramolecular Hbond substituents is 3. The second kappa shape index (κ2) is 59.1. The summed E-state index contributed by atoms with van der Waals surface area (Å²) in [5.74, 6) is -20.1. The number of nitrogens with two attached hydrogens (primary N) is 9. The van der Waals surface area contributed by atoms with E-state index in [0.29, 0.717) is 23.1 Å². The van der Waals surface area contributed by atoms with Crippen LogP contribution in [0.4, 0.5) is 13.2 Å². The van der Waals surface area contributed by atoms with Crippen molar-refractivity contribution in [1.29, 1.82) is 32.5 Å². The number of esters is 1. The number of guanidine groups is 6. The summed E-state index contributed by atoms with van der Waals surface area (Å²) in [6.45, 7) is -0.785. The number of unbranched alkanes of at least 4 members (excludes halogenated alkanes) is 2. The monoisotopic (exact) mass is 2030 g/mol. The van der Waals surface area contributed by atoms with Crippen LogP contribution in [0, 0.1) is 32.5 Å². The number of amides is 12. The number of benzene rings is 4. The average Bonchev–Trinajstić information content (AvgIpc) is 1.52. The number of carboxylic acid groups (broad SMARTS) is 2. The van der Waals surface area contributed by atoms with E-state index in [1.54, 1.807) is 0 Å². The molecule has 0 fully saturated rings. The molecule has 46 N–H and O–H groups in total. The third-order valence-corrected chi connectivity index (χ3v) is 21.9. The molecular weight excluding hydrogens is 1900 g/mol. The molecule has 4 aromatic carbocycles. The summed E-state index contributed by atoms with van der Waals surface area (Å²) in [6.07, 6.45) is -7.19. The van der Waals surface area contributed by atoms with Crippen LogP contribution >= 0.6 is 0 Å². The van der Waals surface area contributed by atoms with Gasteiger partial charge in [-0.1, -0.05) is 18.2 Å². The highest BCUT2D eigenvalue weighted by atomic mass is 19.4. The summed E-state index contributed by atoms with van der Waals surface area (Å²) in [5, 5.41) is 138. The number of rotatable bonds is 60. The molecule has 790 valence electrons. The number of phenols is 3. The molecule has 2 aliphatic heterocycles. The topological polar surface area (TPSA) is 957 Å². The lowest BCUT2D eigenvalue weighted by Crippen LogP contribution is -2.60. The van der Waals surface area contributed by atoms with Gasteiger partial charge in [0.25, 0.3) is 5.91 Å². The Morgan fingerprint density at radius 2 is 0.667 bits per heavy atom. The second-order valence-corrected chi connectivity index (χ2v) is 33.1. The fourth-order valence-corrected chi connectivity index (χ4v) is 14.7. The Morgan fingerprint density at radius 3 is 0.986 bits per heavy atom. The summed E-state index contributed by atoms with van der Waals surface area (Å²) in [5.41, 5.74) is 49.9. The van der Waals surface area contributed by atoms with Crippen LogP contribution in [0.3, 0.4) is 0 Å². The molecule has 0 bridgehead atoms. The standard InChI is InChI=1S/C85H128N32O20.C2HF3O2/c86-31-3-1-11-54(109-69(125)53(13-5-33-101-79(89)90)108-66(122)43-107-68(124)62(39-44-19-22-46(118)23-20-44)117-67(123)45-21-26-50-49(40-45)78(135)137-85(50)51-27-24-47(119)41-63(51)136-64-42-48(120)25-28-52(64)85)70(126)110-55(12-2-4-32-87)71(127)111-56(14-6-34-102-80(91)92)72(128)112-58(16-8-36-104-82(95)96)74(130)115-60(29-30-65(88)121)76(132)114-57(15-7-35-103-81(93)94)73(129)113-59(17-9-37-105-83(97)98)75(131)116-61(77(133)134)18-10-38-106-84(99)100;3-2(4,5)1(6)7/h19-28,40-42,53-62,118-120H,1-18,29-39,43,86-87H2,(H2,88,121)(H,107,124)(H,108,122)(H,109,125)(H,110,126)(H,111,127)(H,112,128)(H,113,129)(H,114,132)(H,115,130)(H,116,131)(H,117,123)(H,133,134)(H4,89,90,101)(H4,91,92,102)(H4,93,94,103)(H4,95,96,104)(H4,97,98,105)(H4,99,100,106);(H,6,7)/t53-,54-,55-,56-,57-,58-,59-,60-,61-,62-;/m0./s1. The number of nitrogens with one attached hydrogen (secondary N) is 23. The highest BCUT2D eigenvalue weighted by molar-refractivity contribution is 6.04. The molecule has 0 radical (unpaired) electrons. The van der Waals surface area contributed by atoms with E-state index >= 15 is 9.59 Å².